The van der Waals surface area contributed by atoms with Gasteiger partial charge in [0.1, 0.15) is 5.75 Å². The molecule has 0 bridgehead atoms. The molecule has 1 aromatic carbocycles. The van der Waals surface area contributed by atoms with Crippen LogP contribution in [0.5, 0.6) is 5.75 Å². The highest BCUT2D eigenvalue weighted by atomic mass is 35.5. The van der Waals surface area contributed by atoms with E-state index in [2.05, 4.69) is 6.92 Å². The number of aryl methyl sites for hydroxylation is 1. The van der Waals surface area contributed by atoms with Crippen molar-refractivity contribution in [1.82, 2.24) is 0 Å². The molecule has 0 aliphatic carbocycles. The third kappa shape index (κ3) is 3.73. The maximum absolute atomic E-state index is 8.86. The van der Waals surface area contributed by atoms with E-state index in [1.807, 2.05) is 25.1 Å². The average molecular weight is 229 g/mol. The highest BCUT2D eigenvalue weighted by molar-refractivity contribution is 6.31. The fourth-order valence-corrected chi connectivity index (χ4v) is 1.45. The smallest absolute Gasteiger partial charge is 0.119 e. The first-order valence-corrected chi connectivity index (χ1v) is 5.57. The molecule has 0 spiro atoms. The second kappa shape index (κ2) is 5.99. The van der Waals surface area contributed by atoms with Gasteiger partial charge in [-0.05, 0) is 30.2 Å². The fourth-order valence-electron chi connectivity index (χ4n) is 1.20. The third-order valence-electron chi connectivity index (χ3n) is 2.24. The number of aliphatic hydroxyl groups is 1. The van der Waals surface area contributed by atoms with Crippen LogP contribution in [0.1, 0.15) is 19.4 Å². The Morgan fingerprint density at radius 3 is 2.80 bits per heavy atom. The van der Waals surface area contributed by atoms with Crippen molar-refractivity contribution in [3.05, 3.63) is 28.8 Å². The minimum absolute atomic E-state index is 0.147. The second-order valence-corrected chi connectivity index (χ2v) is 4.11. The molecule has 1 unspecified atom stereocenters. The Morgan fingerprint density at radius 2 is 2.20 bits per heavy atom. The Morgan fingerprint density at radius 1 is 1.47 bits per heavy atom. The zero-order valence-corrected chi connectivity index (χ0v) is 9.92. The van der Waals surface area contributed by atoms with Crippen LogP contribution in [0.15, 0.2) is 18.2 Å². The Hall–Kier alpha value is -0.730. The van der Waals surface area contributed by atoms with Gasteiger partial charge in [-0.25, -0.2) is 0 Å². The number of hydrogen-bond acceptors (Lipinski definition) is 2. The van der Waals surface area contributed by atoms with E-state index in [0.29, 0.717) is 6.61 Å². The summed E-state index contributed by atoms with van der Waals surface area (Å²) in [6.45, 7) is 4.67. The molecule has 0 radical (unpaired) electrons. The van der Waals surface area contributed by atoms with Crippen molar-refractivity contribution >= 4 is 11.6 Å². The molecule has 15 heavy (non-hydrogen) atoms. The van der Waals surface area contributed by atoms with E-state index in [1.54, 1.807) is 0 Å². The number of hydrogen-bond donors (Lipinski definition) is 1. The van der Waals surface area contributed by atoms with Crippen LogP contribution in [0.4, 0.5) is 0 Å². The molecular weight excluding hydrogens is 212 g/mol. The van der Waals surface area contributed by atoms with Crippen molar-refractivity contribution in [3.63, 3.8) is 0 Å². The molecule has 1 rings (SSSR count). The van der Waals surface area contributed by atoms with Crippen LogP contribution in [-0.2, 0) is 6.42 Å². The van der Waals surface area contributed by atoms with Gasteiger partial charge in [0.15, 0.2) is 0 Å². The molecule has 0 aliphatic heterocycles. The van der Waals surface area contributed by atoms with Gasteiger partial charge in [0, 0.05) is 17.5 Å². The predicted octanol–water partition coefficient (Wildman–Crippen LogP) is 2.91. The summed E-state index contributed by atoms with van der Waals surface area (Å²) in [5.41, 5.74) is 1.09. The van der Waals surface area contributed by atoms with Crippen molar-refractivity contribution in [3.8, 4) is 5.75 Å². The summed E-state index contributed by atoms with van der Waals surface area (Å²) < 4.78 is 5.54. The summed E-state index contributed by atoms with van der Waals surface area (Å²) in [7, 11) is 0. The first kappa shape index (κ1) is 12.3. The highest BCUT2D eigenvalue weighted by Crippen LogP contribution is 2.22. The van der Waals surface area contributed by atoms with Gasteiger partial charge >= 0.3 is 0 Å². The van der Waals surface area contributed by atoms with E-state index < -0.39 is 0 Å². The van der Waals surface area contributed by atoms with Gasteiger partial charge in [0.2, 0.25) is 0 Å². The van der Waals surface area contributed by atoms with Gasteiger partial charge in [-0.2, -0.15) is 0 Å². The lowest BCUT2D eigenvalue weighted by Gasteiger charge is -2.11. The summed E-state index contributed by atoms with van der Waals surface area (Å²) in [5.74, 6) is 0.974. The van der Waals surface area contributed by atoms with Gasteiger partial charge in [-0.3, -0.25) is 0 Å². The lowest BCUT2D eigenvalue weighted by molar-refractivity contribution is 0.174. The van der Waals surface area contributed by atoms with E-state index in [9.17, 15) is 0 Å². The third-order valence-corrected chi connectivity index (χ3v) is 2.61. The van der Waals surface area contributed by atoms with E-state index in [0.717, 1.165) is 22.8 Å². The molecule has 0 amide bonds. The van der Waals surface area contributed by atoms with Crippen LogP contribution in [-0.4, -0.2) is 18.3 Å². The zero-order chi connectivity index (χ0) is 11.3. The quantitative estimate of drug-likeness (QED) is 0.840. The Kier molecular flexibility index (Phi) is 4.92. The van der Waals surface area contributed by atoms with Crippen molar-refractivity contribution < 1.29 is 9.84 Å². The van der Waals surface area contributed by atoms with Gasteiger partial charge < -0.3 is 9.84 Å². The molecule has 0 aliphatic rings. The van der Waals surface area contributed by atoms with Crippen molar-refractivity contribution in [1.29, 1.82) is 0 Å². The van der Waals surface area contributed by atoms with Crippen LogP contribution >= 0.6 is 11.6 Å². The molecule has 1 aromatic rings. The maximum atomic E-state index is 8.86. The predicted molar refractivity (Wildman–Crippen MR) is 62.6 cm³/mol. The largest absolute Gasteiger partial charge is 0.493 e. The molecular formula is C12H17ClO2. The lowest BCUT2D eigenvalue weighted by Crippen LogP contribution is -2.12. The number of benzene rings is 1. The number of rotatable bonds is 5. The normalized spacial score (nSPS) is 12.5. The van der Waals surface area contributed by atoms with Crippen molar-refractivity contribution in [2.75, 3.05) is 13.2 Å². The molecule has 0 heterocycles. The summed E-state index contributed by atoms with van der Waals surface area (Å²) in [4.78, 5) is 0. The van der Waals surface area contributed by atoms with E-state index >= 15 is 0 Å². The van der Waals surface area contributed by atoms with Crippen LogP contribution in [0.25, 0.3) is 0 Å². The second-order valence-electron chi connectivity index (χ2n) is 3.71. The number of halogens is 1. The molecule has 3 heteroatoms. The Labute approximate surface area is 95.8 Å². The van der Waals surface area contributed by atoms with E-state index in [4.69, 9.17) is 21.4 Å². The molecule has 1 atom stereocenters. The van der Waals surface area contributed by atoms with Crippen LogP contribution in [0.3, 0.4) is 0 Å². The highest BCUT2D eigenvalue weighted by Gasteiger charge is 2.03. The standard InChI is InChI=1S/C12H17ClO2/c1-3-10-6-11(4-5-12(10)13)15-8-9(2)7-14/h4-6,9,14H,3,7-8H2,1-2H3. The Bertz CT molecular complexity index is 312. The molecule has 0 saturated heterocycles. The lowest BCUT2D eigenvalue weighted by atomic mass is 10.1. The maximum Gasteiger partial charge on any atom is 0.119 e. The van der Waals surface area contributed by atoms with Crippen molar-refractivity contribution in [2.45, 2.75) is 20.3 Å². The van der Waals surface area contributed by atoms with Gasteiger partial charge in [-0.1, -0.05) is 25.4 Å². The summed E-state index contributed by atoms with van der Waals surface area (Å²) in [6, 6.07) is 5.65. The van der Waals surface area contributed by atoms with Crippen molar-refractivity contribution in [2.24, 2.45) is 5.92 Å². The fraction of sp³-hybridized carbons (Fsp3) is 0.500. The van der Waals surface area contributed by atoms with Crippen LogP contribution < -0.4 is 4.74 Å². The van der Waals surface area contributed by atoms with Gasteiger partial charge in [0.25, 0.3) is 0 Å². The van der Waals surface area contributed by atoms with Gasteiger partial charge in [0.05, 0.1) is 6.61 Å². The molecule has 1 N–H and O–H groups in total. The Balaban J connectivity index is 2.62. The number of ether oxygens (including phenoxy) is 1. The van der Waals surface area contributed by atoms with Crippen LogP contribution in [0.2, 0.25) is 5.02 Å². The SMILES string of the molecule is CCc1cc(OCC(C)CO)ccc1Cl. The minimum Gasteiger partial charge on any atom is -0.493 e. The summed E-state index contributed by atoms with van der Waals surface area (Å²) >= 11 is 5.99. The first-order chi connectivity index (χ1) is 7.17. The first-order valence-electron chi connectivity index (χ1n) is 5.19. The summed E-state index contributed by atoms with van der Waals surface area (Å²) in [6.07, 6.45) is 0.894. The average Bonchev–Trinajstić information content (AvgIpc) is 2.27. The monoisotopic (exact) mass is 228 g/mol. The molecule has 2 nitrogen and oxygen atoms in total. The van der Waals surface area contributed by atoms with Gasteiger partial charge in [-0.15, -0.1) is 0 Å². The van der Waals surface area contributed by atoms with Crippen LogP contribution in [0, 0.1) is 5.92 Å². The molecule has 0 fully saturated rings. The zero-order valence-electron chi connectivity index (χ0n) is 9.16. The van der Waals surface area contributed by atoms with E-state index in [-0.39, 0.29) is 12.5 Å². The molecule has 0 saturated carbocycles. The summed E-state index contributed by atoms with van der Waals surface area (Å²) in [5, 5.41) is 9.63. The molecule has 84 valence electrons. The topological polar surface area (TPSA) is 29.5 Å². The van der Waals surface area contributed by atoms with E-state index in [1.165, 1.54) is 0 Å². The molecule has 0 aromatic heterocycles. The minimum atomic E-state index is 0.147. The number of aliphatic hydroxyl groups excluding tert-OH is 1.